The van der Waals surface area contributed by atoms with Crippen molar-refractivity contribution in [2.24, 2.45) is 0 Å². The Balaban J connectivity index is 1.47. The molecule has 0 radical (unpaired) electrons. The zero-order valence-electron chi connectivity index (χ0n) is 13.3. The summed E-state index contributed by atoms with van der Waals surface area (Å²) in [5, 5.41) is 3.00. The van der Waals surface area contributed by atoms with Crippen molar-refractivity contribution in [2.45, 2.75) is 25.7 Å². The average Bonchev–Trinajstić information content (AvgIpc) is 3.00. The fourth-order valence-electron chi connectivity index (χ4n) is 3.00. The number of thioether (sulfide) groups is 1. The summed E-state index contributed by atoms with van der Waals surface area (Å²) < 4.78 is 0. The Labute approximate surface area is 141 Å². The van der Waals surface area contributed by atoms with E-state index in [1.807, 2.05) is 12.1 Å². The molecule has 3 rings (SSSR count). The molecule has 0 unspecified atom stereocenters. The number of hydrogen-bond donors (Lipinski definition) is 1. The van der Waals surface area contributed by atoms with E-state index in [1.165, 1.54) is 36.7 Å². The molecule has 23 heavy (non-hydrogen) atoms. The van der Waals surface area contributed by atoms with Crippen LogP contribution in [-0.2, 0) is 4.79 Å². The maximum atomic E-state index is 12.0. The molecule has 2 fully saturated rings. The van der Waals surface area contributed by atoms with Crippen LogP contribution in [0.3, 0.4) is 0 Å². The second-order valence-corrected chi connectivity index (χ2v) is 7.04. The van der Waals surface area contributed by atoms with E-state index >= 15 is 0 Å². The molecule has 0 spiro atoms. The van der Waals surface area contributed by atoms with Gasteiger partial charge < -0.3 is 15.1 Å². The van der Waals surface area contributed by atoms with Gasteiger partial charge in [-0.2, -0.15) is 0 Å². The first kappa shape index (κ1) is 16.2. The lowest BCUT2D eigenvalue weighted by atomic mass is 10.1. The molecular weight excluding hydrogens is 310 g/mol. The van der Waals surface area contributed by atoms with Crippen molar-refractivity contribution in [3.05, 3.63) is 24.3 Å². The normalized spacial score (nSPS) is 18.3. The van der Waals surface area contributed by atoms with Gasteiger partial charge in [0.05, 0.1) is 0 Å². The molecule has 2 aliphatic heterocycles. The number of carbonyl (C=O) groups is 2. The summed E-state index contributed by atoms with van der Waals surface area (Å²) >= 11 is 1.33. The molecule has 124 valence electrons. The van der Waals surface area contributed by atoms with Gasteiger partial charge in [0.25, 0.3) is 5.24 Å². The SMILES string of the molecule is O=C(CCN1CCSC1=O)Nc1ccc(N2CCCCC2)cc1. The number of nitrogens with one attached hydrogen (secondary N) is 1. The standard InChI is InChI=1S/C17H23N3O2S/c21-16(8-11-20-12-13-23-17(20)22)18-14-4-6-15(7-5-14)19-9-2-1-3-10-19/h4-7H,1-3,8-13H2,(H,18,21). The van der Waals surface area contributed by atoms with Crippen LogP contribution in [0.5, 0.6) is 0 Å². The van der Waals surface area contributed by atoms with Crippen LogP contribution in [0, 0.1) is 0 Å². The Hall–Kier alpha value is -1.69. The summed E-state index contributed by atoms with van der Waals surface area (Å²) in [5.74, 6) is 0.790. The van der Waals surface area contributed by atoms with Crippen LogP contribution in [0.4, 0.5) is 16.2 Å². The summed E-state index contributed by atoms with van der Waals surface area (Å²) in [6.45, 7) is 3.49. The van der Waals surface area contributed by atoms with Crippen molar-refractivity contribution in [1.29, 1.82) is 0 Å². The Bertz CT molecular complexity index is 555. The molecule has 5 nitrogen and oxygen atoms in total. The first-order chi connectivity index (χ1) is 11.2. The number of benzene rings is 1. The van der Waals surface area contributed by atoms with E-state index in [4.69, 9.17) is 0 Å². The van der Waals surface area contributed by atoms with Gasteiger partial charge in [-0.15, -0.1) is 0 Å². The lowest BCUT2D eigenvalue weighted by Gasteiger charge is -2.28. The minimum absolute atomic E-state index is 0.0413. The number of piperidine rings is 1. The fourth-order valence-corrected chi connectivity index (χ4v) is 3.85. The van der Waals surface area contributed by atoms with Gasteiger partial charge in [0.2, 0.25) is 5.91 Å². The van der Waals surface area contributed by atoms with Crippen LogP contribution in [-0.4, -0.2) is 48.0 Å². The number of hydrogen-bond acceptors (Lipinski definition) is 4. The zero-order valence-corrected chi connectivity index (χ0v) is 14.1. The smallest absolute Gasteiger partial charge is 0.281 e. The molecule has 0 aromatic heterocycles. The van der Waals surface area contributed by atoms with Gasteiger partial charge in [-0.3, -0.25) is 9.59 Å². The van der Waals surface area contributed by atoms with Crippen molar-refractivity contribution >= 4 is 34.3 Å². The van der Waals surface area contributed by atoms with Crippen molar-refractivity contribution in [3.63, 3.8) is 0 Å². The Kier molecular flexibility index (Phi) is 5.43. The number of anilines is 2. The summed E-state index contributed by atoms with van der Waals surface area (Å²) in [6, 6.07) is 8.06. The highest BCUT2D eigenvalue weighted by molar-refractivity contribution is 8.13. The van der Waals surface area contributed by atoms with Gasteiger partial charge in [-0.25, -0.2) is 0 Å². The Morgan fingerprint density at radius 3 is 2.48 bits per heavy atom. The minimum Gasteiger partial charge on any atom is -0.372 e. The van der Waals surface area contributed by atoms with Crippen LogP contribution < -0.4 is 10.2 Å². The van der Waals surface area contributed by atoms with Crippen LogP contribution in [0.1, 0.15) is 25.7 Å². The monoisotopic (exact) mass is 333 g/mol. The molecule has 2 saturated heterocycles. The van der Waals surface area contributed by atoms with E-state index < -0.39 is 0 Å². The third kappa shape index (κ3) is 4.41. The van der Waals surface area contributed by atoms with E-state index in [-0.39, 0.29) is 11.1 Å². The summed E-state index contributed by atoms with van der Waals surface area (Å²) in [4.78, 5) is 27.6. The van der Waals surface area contributed by atoms with Gasteiger partial charge in [-0.1, -0.05) is 11.8 Å². The Morgan fingerprint density at radius 1 is 1.09 bits per heavy atom. The molecule has 2 heterocycles. The third-order valence-corrected chi connectivity index (χ3v) is 5.22. The maximum absolute atomic E-state index is 12.0. The van der Waals surface area contributed by atoms with Crippen LogP contribution >= 0.6 is 11.8 Å². The number of nitrogens with zero attached hydrogens (tertiary/aromatic N) is 2. The topological polar surface area (TPSA) is 52.7 Å². The third-order valence-electron chi connectivity index (χ3n) is 4.33. The number of carbonyl (C=O) groups excluding carboxylic acids is 2. The van der Waals surface area contributed by atoms with Crippen molar-refractivity contribution in [1.82, 2.24) is 4.90 Å². The average molecular weight is 333 g/mol. The second kappa shape index (κ2) is 7.73. The molecule has 0 atom stereocenters. The molecule has 1 aromatic carbocycles. The molecule has 2 aliphatic rings. The molecule has 1 N–H and O–H groups in total. The van der Waals surface area contributed by atoms with Gasteiger partial charge in [0.1, 0.15) is 0 Å². The van der Waals surface area contributed by atoms with E-state index in [2.05, 4.69) is 22.3 Å². The molecule has 2 amide bonds. The van der Waals surface area contributed by atoms with Gasteiger partial charge in [0, 0.05) is 49.7 Å². The summed E-state index contributed by atoms with van der Waals surface area (Å²) in [6.07, 6.45) is 4.18. The van der Waals surface area contributed by atoms with Crippen molar-refractivity contribution < 1.29 is 9.59 Å². The largest absolute Gasteiger partial charge is 0.372 e. The fraction of sp³-hybridized carbons (Fsp3) is 0.529. The van der Waals surface area contributed by atoms with Gasteiger partial charge in [-0.05, 0) is 43.5 Å². The molecule has 6 heteroatoms. The maximum Gasteiger partial charge on any atom is 0.281 e. The van der Waals surface area contributed by atoms with Crippen LogP contribution in [0.25, 0.3) is 0 Å². The molecule has 0 bridgehead atoms. The molecule has 0 aliphatic carbocycles. The first-order valence-corrected chi connectivity index (χ1v) is 9.27. The summed E-state index contributed by atoms with van der Waals surface area (Å²) in [5.41, 5.74) is 2.04. The molecule has 0 saturated carbocycles. The quantitative estimate of drug-likeness (QED) is 0.899. The lowest BCUT2D eigenvalue weighted by Crippen LogP contribution is -2.29. The highest BCUT2D eigenvalue weighted by Gasteiger charge is 2.21. The highest BCUT2D eigenvalue weighted by Crippen LogP contribution is 2.22. The zero-order chi connectivity index (χ0) is 16.1. The van der Waals surface area contributed by atoms with Crippen molar-refractivity contribution in [2.75, 3.05) is 42.1 Å². The predicted molar refractivity (Wildman–Crippen MR) is 95.2 cm³/mol. The van der Waals surface area contributed by atoms with E-state index in [1.54, 1.807) is 4.90 Å². The molecule has 1 aromatic rings. The number of amides is 2. The van der Waals surface area contributed by atoms with Crippen LogP contribution in [0.15, 0.2) is 24.3 Å². The Morgan fingerprint density at radius 2 is 1.83 bits per heavy atom. The second-order valence-electron chi connectivity index (χ2n) is 5.99. The van der Waals surface area contributed by atoms with E-state index in [0.29, 0.717) is 13.0 Å². The molecular formula is C17H23N3O2S. The van der Waals surface area contributed by atoms with Crippen LogP contribution in [0.2, 0.25) is 0 Å². The van der Waals surface area contributed by atoms with Gasteiger partial charge in [0.15, 0.2) is 0 Å². The first-order valence-electron chi connectivity index (χ1n) is 8.29. The predicted octanol–water partition coefficient (Wildman–Crippen LogP) is 3.17. The lowest BCUT2D eigenvalue weighted by molar-refractivity contribution is -0.116. The van der Waals surface area contributed by atoms with E-state index in [9.17, 15) is 9.59 Å². The van der Waals surface area contributed by atoms with Gasteiger partial charge >= 0.3 is 0 Å². The van der Waals surface area contributed by atoms with E-state index in [0.717, 1.165) is 31.1 Å². The van der Waals surface area contributed by atoms with Crippen molar-refractivity contribution in [3.8, 4) is 0 Å². The highest BCUT2D eigenvalue weighted by atomic mass is 32.2. The number of rotatable bonds is 5. The minimum atomic E-state index is -0.0413. The summed E-state index contributed by atoms with van der Waals surface area (Å²) in [7, 11) is 0.